The van der Waals surface area contributed by atoms with E-state index in [0.717, 1.165) is 11.2 Å². The molecule has 0 unspecified atom stereocenters. The molecule has 94 valence electrons. The quantitative estimate of drug-likeness (QED) is 0.700. The van der Waals surface area contributed by atoms with Crippen molar-refractivity contribution in [3.05, 3.63) is 42.5 Å². The van der Waals surface area contributed by atoms with Gasteiger partial charge in [0.15, 0.2) is 17.2 Å². The lowest BCUT2D eigenvalue weighted by Gasteiger charge is -2.06. The molecule has 0 amide bonds. The second-order valence-electron chi connectivity index (χ2n) is 4.08. The molecule has 0 radical (unpaired) electrons. The minimum atomic E-state index is 0.0459. The molecule has 0 aliphatic carbocycles. The van der Waals surface area contributed by atoms with Crippen LogP contribution >= 0.6 is 0 Å². The van der Waals surface area contributed by atoms with Crippen LogP contribution in [0, 0.1) is 0 Å². The van der Waals surface area contributed by atoms with Gasteiger partial charge in [-0.2, -0.15) is 0 Å². The summed E-state index contributed by atoms with van der Waals surface area (Å²) < 4.78 is 0. The average molecular weight is 253 g/mol. The molecule has 2 heterocycles. The number of rotatable bonds is 3. The van der Waals surface area contributed by atoms with Gasteiger partial charge in [-0.15, -0.1) is 0 Å². The number of hydrogen-bond acceptors (Lipinski definition) is 5. The summed E-state index contributed by atoms with van der Waals surface area (Å²) in [6, 6.07) is 7.22. The van der Waals surface area contributed by atoms with Gasteiger partial charge in [0.25, 0.3) is 0 Å². The molecule has 6 heteroatoms. The summed E-state index contributed by atoms with van der Waals surface area (Å²) in [6.45, 7) is 1.54. The van der Waals surface area contributed by atoms with Crippen molar-refractivity contribution in [2.24, 2.45) is 0 Å². The van der Waals surface area contributed by atoms with Gasteiger partial charge in [-0.05, 0) is 31.2 Å². The predicted octanol–water partition coefficient (Wildman–Crippen LogP) is 2.30. The zero-order valence-corrected chi connectivity index (χ0v) is 10.2. The van der Waals surface area contributed by atoms with E-state index in [1.807, 2.05) is 12.1 Å². The predicted molar refractivity (Wildman–Crippen MR) is 71.4 cm³/mol. The molecular formula is C13H11N5O. The molecule has 0 aliphatic rings. The van der Waals surface area contributed by atoms with Gasteiger partial charge in [0.2, 0.25) is 0 Å². The van der Waals surface area contributed by atoms with Gasteiger partial charge in [-0.25, -0.2) is 15.0 Å². The third-order valence-corrected chi connectivity index (χ3v) is 2.78. The van der Waals surface area contributed by atoms with Crippen LogP contribution < -0.4 is 5.32 Å². The van der Waals surface area contributed by atoms with Gasteiger partial charge in [-0.3, -0.25) is 4.79 Å². The van der Waals surface area contributed by atoms with Crippen molar-refractivity contribution >= 4 is 28.5 Å². The lowest BCUT2D eigenvalue weighted by Crippen LogP contribution is -1.97. The second kappa shape index (κ2) is 4.49. The highest BCUT2D eigenvalue weighted by molar-refractivity contribution is 5.94. The van der Waals surface area contributed by atoms with Crippen LogP contribution in [0.15, 0.2) is 36.9 Å². The Labute approximate surface area is 108 Å². The first kappa shape index (κ1) is 11.3. The molecule has 0 bridgehead atoms. The number of imidazole rings is 1. The van der Waals surface area contributed by atoms with Crippen molar-refractivity contribution in [2.75, 3.05) is 5.32 Å². The number of fused-ring (bicyclic) bond motifs is 1. The maximum atomic E-state index is 11.2. The molecule has 1 aromatic carbocycles. The summed E-state index contributed by atoms with van der Waals surface area (Å²) in [6.07, 6.45) is 3.03. The van der Waals surface area contributed by atoms with Gasteiger partial charge >= 0.3 is 0 Å². The number of anilines is 2. The SMILES string of the molecule is CC(=O)c1ccc(Nc2ncnc3nc[nH]c23)cc1. The van der Waals surface area contributed by atoms with E-state index in [-0.39, 0.29) is 5.78 Å². The number of carbonyl (C=O) groups excluding carboxylic acids is 1. The van der Waals surface area contributed by atoms with Crippen LogP contribution in [-0.2, 0) is 0 Å². The van der Waals surface area contributed by atoms with Crippen molar-refractivity contribution in [3.63, 3.8) is 0 Å². The zero-order valence-electron chi connectivity index (χ0n) is 10.2. The molecule has 0 aliphatic heterocycles. The van der Waals surface area contributed by atoms with Crippen LogP contribution in [0.4, 0.5) is 11.5 Å². The smallest absolute Gasteiger partial charge is 0.182 e. The van der Waals surface area contributed by atoms with E-state index in [1.54, 1.807) is 25.4 Å². The minimum absolute atomic E-state index is 0.0459. The monoisotopic (exact) mass is 253 g/mol. The molecule has 0 atom stereocenters. The van der Waals surface area contributed by atoms with Crippen LogP contribution in [0.1, 0.15) is 17.3 Å². The maximum Gasteiger partial charge on any atom is 0.182 e. The Bertz CT molecular complexity index is 732. The highest BCUT2D eigenvalue weighted by Crippen LogP contribution is 2.20. The van der Waals surface area contributed by atoms with Crippen molar-refractivity contribution in [1.29, 1.82) is 0 Å². The van der Waals surface area contributed by atoms with E-state index in [9.17, 15) is 4.79 Å². The number of hydrogen-bond donors (Lipinski definition) is 2. The number of aromatic nitrogens is 4. The van der Waals surface area contributed by atoms with Gasteiger partial charge < -0.3 is 10.3 Å². The van der Waals surface area contributed by atoms with E-state index in [4.69, 9.17) is 0 Å². The molecule has 2 N–H and O–H groups in total. The summed E-state index contributed by atoms with van der Waals surface area (Å²) in [5.41, 5.74) is 2.88. The van der Waals surface area contributed by atoms with Crippen molar-refractivity contribution in [2.45, 2.75) is 6.92 Å². The lowest BCUT2D eigenvalue weighted by molar-refractivity contribution is 0.101. The molecule has 3 aromatic rings. The Morgan fingerprint density at radius 3 is 2.68 bits per heavy atom. The minimum Gasteiger partial charge on any atom is -0.340 e. The Kier molecular flexibility index (Phi) is 2.68. The van der Waals surface area contributed by atoms with E-state index < -0.39 is 0 Å². The van der Waals surface area contributed by atoms with Gasteiger partial charge in [0, 0.05) is 11.3 Å². The lowest BCUT2D eigenvalue weighted by atomic mass is 10.1. The van der Waals surface area contributed by atoms with Gasteiger partial charge in [0.1, 0.15) is 11.8 Å². The van der Waals surface area contributed by atoms with Crippen molar-refractivity contribution in [1.82, 2.24) is 19.9 Å². The van der Waals surface area contributed by atoms with Crippen LogP contribution in [0.2, 0.25) is 0 Å². The Balaban J connectivity index is 1.92. The number of carbonyl (C=O) groups is 1. The summed E-state index contributed by atoms with van der Waals surface area (Å²) in [5, 5.41) is 3.17. The Morgan fingerprint density at radius 1 is 1.16 bits per heavy atom. The van der Waals surface area contributed by atoms with Gasteiger partial charge in [-0.1, -0.05) is 0 Å². The summed E-state index contributed by atoms with van der Waals surface area (Å²) >= 11 is 0. The van der Waals surface area contributed by atoms with E-state index in [1.165, 1.54) is 6.33 Å². The van der Waals surface area contributed by atoms with E-state index in [0.29, 0.717) is 17.0 Å². The zero-order chi connectivity index (χ0) is 13.2. The number of Topliss-reactive ketones (excluding diaryl/α,β-unsaturated/α-hetero) is 1. The van der Waals surface area contributed by atoms with E-state index in [2.05, 4.69) is 25.3 Å². The third-order valence-electron chi connectivity index (χ3n) is 2.78. The number of ketones is 1. The topological polar surface area (TPSA) is 83.6 Å². The van der Waals surface area contributed by atoms with Crippen molar-refractivity contribution < 1.29 is 4.79 Å². The van der Waals surface area contributed by atoms with Gasteiger partial charge in [0.05, 0.1) is 6.33 Å². The first-order valence-electron chi connectivity index (χ1n) is 5.76. The van der Waals surface area contributed by atoms with Crippen molar-refractivity contribution in [3.8, 4) is 0 Å². The number of benzene rings is 1. The summed E-state index contributed by atoms with van der Waals surface area (Å²) in [4.78, 5) is 26.5. The van der Waals surface area contributed by atoms with Crippen LogP contribution in [0.5, 0.6) is 0 Å². The molecule has 0 saturated heterocycles. The van der Waals surface area contributed by atoms with Crippen LogP contribution in [0.3, 0.4) is 0 Å². The fraction of sp³-hybridized carbons (Fsp3) is 0.0769. The molecule has 19 heavy (non-hydrogen) atoms. The Morgan fingerprint density at radius 2 is 1.95 bits per heavy atom. The molecule has 6 nitrogen and oxygen atoms in total. The summed E-state index contributed by atoms with van der Waals surface area (Å²) in [5.74, 6) is 0.697. The van der Waals surface area contributed by atoms with Crippen LogP contribution in [-0.4, -0.2) is 25.7 Å². The standard InChI is InChI=1S/C13H11N5O/c1-8(19)9-2-4-10(5-3-9)18-13-11-12(15-6-14-11)16-7-17-13/h2-7H,1H3,(H2,14,15,16,17,18). The van der Waals surface area contributed by atoms with Crippen LogP contribution in [0.25, 0.3) is 11.2 Å². The molecule has 2 aromatic heterocycles. The Hall–Kier alpha value is -2.76. The molecule has 0 fully saturated rings. The largest absolute Gasteiger partial charge is 0.340 e. The fourth-order valence-corrected chi connectivity index (χ4v) is 1.78. The molecular weight excluding hydrogens is 242 g/mol. The highest BCUT2D eigenvalue weighted by Gasteiger charge is 2.06. The highest BCUT2D eigenvalue weighted by atomic mass is 16.1. The summed E-state index contributed by atoms with van der Waals surface area (Å²) in [7, 11) is 0. The average Bonchev–Trinajstić information content (AvgIpc) is 2.89. The number of nitrogens with zero attached hydrogens (tertiary/aromatic N) is 3. The fourth-order valence-electron chi connectivity index (χ4n) is 1.78. The second-order valence-corrected chi connectivity index (χ2v) is 4.08. The first-order valence-corrected chi connectivity index (χ1v) is 5.76. The number of aromatic amines is 1. The first-order chi connectivity index (χ1) is 9.24. The van der Waals surface area contributed by atoms with E-state index >= 15 is 0 Å². The molecule has 0 saturated carbocycles. The molecule has 3 rings (SSSR count). The normalized spacial score (nSPS) is 10.6. The maximum absolute atomic E-state index is 11.2. The third kappa shape index (κ3) is 2.15. The number of H-pyrrole nitrogens is 1. The molecule has 0 spiro atoms. The number of nitrogens with one attached hydrogen (secondary N) is 2.